The molecule has 0 aliphatic rings. The molecular formula is C7H3BrClF2NO2. The van der Waals surface area contributed by atoms with Crippen molar-refractivity contribution in [3.05, 3.63) is 26.9 Å². The van der Waals surface area contributed by atoms with E-state index in [1.165, 1.54) is 0 Å². The highest BCUT2D eigenvalue weighted by Crippen LogP contribution is 2.32. The largest absolute Gasteiger partial charge is 0.477 e. The number of nitrogens with zero attached hydrogens (tertiary/aromatic N) is 1. The summed E-state index contributed by atoms with van der Waals surface area (Å²) in [5, 5.41) is 8.23. The van der Waals surface area contributed by atoms with Gasteiger partial charge in [0, 0.05) is 5.56 Å². The third-order valence-corrected chi connectivity index (χ3v) is 2.73. The number of carboxylic acids is 1. The predicted molar refractivity (Wildman–Crippen MR) is 48.9 cm³/mol. The molecule has 0 saturated carbocycles. The highest BCUT2D eigenvalue weighted by atomic mass is 79.9. The number of carboxylic acid groups (broad SMARTS) is 1. The number of hydrogen-bond acceptors (Lipinski definition) is 2. The average Bonchev–Trinajstić information content (AvgIpc) is 2.08. The topological polar surface area (TPSA) is 50.2 Å². The average molecular weight is 286 g/mol. The fourth-order valence-corrected chi connectivity index (χ4v) is 1.36. The predicted octanol–water partition coefficient (Wildman–Crippen LogP) is 3.13. The molecule has 0 bridgehead atoms. The maximum absolute atomic E-state index is 12.3. The third kappa shape index (κ3) is 2.19. The van der Waals surface area contributed by atoms with E-state index >= 15 is 0 Å². The zero-order valence-electron chi connectivity index (χ0n) is 6.47. The summed E-state index contributed by atoms with van der Waals surface area (Å²) >= 11 is 8.25. The third-order valence-electron chi connectivity index (χ3n) is 1.40. The highest BCUT2D eigenvalue weighted by Gasteiger charge is 2.19. The standard InChI is InChI=1S/C7H3BrClF2NO2/c8-4-2(6(10)11)1-3(7(13)14)12-5(4)9/h1,6H,(H,13,14). The van der Waals surface area contributed by atoms with E-state index in [0.717, 1.165) is 6.07 Å². The van der Waals surface area contributed by atoms with E-state index in [0.29, 0.717) is 0 Å². The van der Waals surface area contributed by atoms with Gasteiger partial charge in [-0.15, -0.1) is 0 Å². The van der Waals surface area contributed by atoms with Crippen molar-refractivity contribution in [1.29, 1.82) is 0 Å². The van der Waals surface area contributed by atoms with Crippen LogP contribution in [0.4, 0.5) is 8.78 Å². The lowest BCUT2D eigenvalue weighted by atomic mass is 10.2. The van der Waals surface area contributed by atoms with Gasteiger partial charge < -0.3 is 5.11 Å². The molecule has 1 aromatic rings. The molecule has 1 heterocycles. The lowest BCUT2D eigenvalue weighted by molar-refractivity contribution is 0.0690. The van der Waals surface area contributed by atoms with Gasteiger partial charge in [-0.1, -0.05) is 11.6 Å². The molecule has 7 heteroatoms. The molecule has 1 N–H and O–H groups in total. The first-order valence-electron chi connectivity index (χ1n) is 3.31. The van der Waals surface area contributed by atoms with Gasteiger partial charge in [-0.25, -0.2) is 18.6 Å². The summed E-state index contributed by atoms with van der Waals surface area (Å²) in [4.78, 5) is 13.9. The maximum atomic E-state index is 12.3. The quantitative estimate of drug-likeness (QED) is 0.850. The Morgan fingerprint density at radius 3 is 2.64 bits per heavy atom. The molecule has 0 saturated heterocycles. The van der Waals surface area contributed by atoms with E-state index in [1.54, 1.807) is 0 Å². The minimum absolute atomic E-state index is 0.0841. The summed E-state index contributed by atoms with van der Waals surface area (Å²) in [7, 11) is 0. The van der Waals surface area contributed by atoms with Crippen molar-refractivity contribution < 1.29 is 18.7 Å². The molecule has 0 radical (unpaired) electrons. The van der Waals surface area contributed by atoms with E-state index < -0.39 is 23.7 Å². The fourth-order valence-electron chi connectivity index (χ4n) is 0.785. The normalized spacial score (nSPS) is 10.6. The summed E-state index contributed by atoms with van der Waals surface area (Å²) in [6.07, 6.45) is -2.80. The van der Waals surface area contributed by atoms with Crippen molar-refractivity contribution in [3.8, 4) is 0 Å². The smallest absolute Gasteiger partial charge is 0.354 e. The van der Waals surface area contributed by atoms with Gasteiger partial charge in [0.1, 0.15) is 5.15 Å². The Hall–Kier alpha value is -0.750. The van der Waals surface area contributed by atoms with Crippen LogP contribution < -0.4 is 0 Å². The van der Waals surface area contributed by atoms with Gasteiger partial charge >= 0.3 is 5.97 Å². The lowest BCUT2D eigenvalue weighted by Crippen LogP contribution is -2.03. The van der Waals surface area contributed by atoms with Gasteiger partial charge in [-0.2, -0.15) is 0 Å². The molecule has 76 valence electrons. The number of halogens is 4. The van der Waals surface area contributed by atoms with Crippen molar-refractivity contribution in [3.63, 3.8) is 0 Å². The molecule has 0 amide bonds. The summed E-state index contributed by atoms with van der Waals surface area (Å²) < 4.78 is 24.6. The Morgan fingerprint density at radius 2 is 2.21 bits per heavy atom. The number of rotatable bonds is 2. The van der Waals surface area contributed by atoms with Crippen molar-refractivity contribution >= 4 is 33.5 Å². The van der Waals surface area contributed by atoms with Crippen LogP contribution in [0.25, 0.3) is 0 Å². The van der Waals surface area contributed by atoms with Crippen molar-refractivity contribution in [2.24, 2.45) is 0 Å². The number of hydrogen-bond donors (Lipinski definition) is 1. The van der Waals surface area contributed by atoms with Crippen molar-refractivity contribution in [2.75, 3.05) is 0 Å². The minimum atomic E-state index is -2.80. The van der Waals surface area contributed by atoms with Crippen LogP contribution in [-0.2, 0) is 0 Å². The van der Waals surface area contributed by atoms with Crippen LogP contribution in [0.3, 0.4) is 0 Å². The second-order valence-electron chi connectivity index (χ2n) is 2.31. The van der Waals surface area contributed by atoms with Crippen molar-refractivity contribution in [2.45, 2.75) is 6.43 Å². The molecule has 0 unspecified atom stereocenters. The number of aromatic nitrogens is 1. The summed E-state index contributed by atoms with van der Waals surface area (Å²) in [5.74, 6) is -1.40. The lowest BCUT2D eigenvalue weighted by Gasteiger charge is -2.05. The minimum Gasteiger partial charge on any atom is -0.477 e. The van der Waals surface area contributed by atoms with Crippen LogP contribution in [-0.4, -0.2) is 16.1 Å². The van der Waals surface area contributed by atoms with E-state index in [4.69, 9.17) is 16.7 Å². The van der Waals surface area contributed by atoms with E-state index in [9.17, 15) is 13.6 Å². The molecule has 0 aromatic carbocycles. The number of carbonyl (C=O) groups is 1. The van der Waals surface area contributed by atoms with Crippen molar-refractivity contribution in [1.82, 2.24) is 4.98 Å². The molecule has 0 aliphatic heterocycles. The van der Waals surface area contributed by atoms with Gasteiger partial charge in [0.05, 0.1) is 4.47 Å². The molecule has 1 rings (SSSR count). The fraction of sp³-hybridized carbons (Fsp3) is 0.143. The van der Waals surface area contributed by atoms with E-state index in [2.05, 4.69) is 20.9 Å². The molecular weight excluding hydrogens is 283 g/mol. The maximum Gasteiger partial charge on any atom is 0.354 e. The SMILES string of the molecule is O=C(O)c1cc(C(F)F)c(Br)c(Cl)n1. The van der Waals surface area contributed by atoms with Crippen LogP contribution in [0.15, 0.2) is 10.5 Å². The second kappa shape index (κ2) is 4.18. The number of pyridine rings is 1. The van der Waals surface area contributed by atoms with Crippen LogP contribution in [0.2, 0.25) is 5.15 Å². The molecule has 0 spiro atoms. The zero-order valence-corrected chi connectivity index (χ0v) is 8.81. The molecule has 0 fully saturated rings. The molecule has 0 aliphatic carbocycles. The first-order valence-corrected chi connectivity index (χ1v) is 4.48. The second-order valence-corrected chi connectivity index (χ2v) is 3.46. The van der Waals surface area contributed by atoms with E-state index in [-0.39, 0.29) is 9.63 Å². The van der Waals surface area contributed by atoms with Crippen LogP contribution in [0.1, 0.15) is 22.5 Å². The van der Waals surface area contributed by atoms with Gasteiger partial charge in [0.15, 0.2) is 5.69 Å². The highest BCUT2D eigenvalue weighted by molar-refractivity contribution is 9.10. The first kappa shape index (κ1) is 11.3. The summed E-state index contributed by atoms with van der Waals surface area (Å²) in [6.45, 7) is 0. The number of aromatic carboxylic acids is 1. The summed E-state index contributed by atoms with van der Waals surface area (Å²) in [6, 6.07) is 0.781. The van der Waals surface area contributed by atoms with Gasteiger partial charge in [-0.3, -0.25) is 0 Å². The number of alkyl halides is 2. The van der Waals surface area contributed by atoms with Crippen LogP contribution >= 0.6 is 27.5 Å². The Labute approximate surface area is 90.8 Å². The summed E-state index contributed by atoms with van der Waals surface area (Å²) in [5.41, 5.74) is -0.990. The molecule has 0 atom stereocenters. The van der Waals surface area contributed by atoms with Crippen LogP contribution in [0.5, 0.6) is 0 Å². The van der Waals surface area contributed by atoms with Gasteiger partial charge in [-0.05, 0) is 22.0 Å². The molecule has 14 heavy (non-hydrogen) atoms. The zero-order chi connectivity index (χ0) is 10.9. The Balaban J connectivity index is 3.35. The monoisotopic (exact) mass is 285 g/mol. The van der Waals surface area contributed by atoms with Gasteiger partial charge in [0.2, 0.25) is 0 Å². The van der Waals surface area contributed by atoms with Crippen LogP contribution in [0, 0.1) is 0 Å². The van der Waals surface area contributed by atoms with E-state index in [1.807, 2.05) is 0 Å². The Bertz CT molecular complexity index is 386. The first-order chi connectivity index (χ1) is 6.43. The Morgan fingerprint density at radius 1 is 1.64 bits per heavy atom. The molecule has 3 nitrogen and oxygen atoms in total. The van der Waals surface area contributed by atoms with Gasteiger partial charge in [0.25, 0.3) is 6.43 Å². The Kier molecular flexibility index (Phi) is 3.38. The molecule has 1 aromatic heterocycles.